The summed E-state index contributed by atoms with van der Waals surface area (Å²) in [6.45, 7) is 4.84. The first kappa shape index (κ1) is 11.5. The molecular formula is C6H11O5P. The Morgan fingerprint density at radius 3 is 2.50 bits per heavy atom. The van der Waals surface area contributed by atoms with Gasteiger partial charge in [-0.2, -0.15) is 0 Å². The number of hydrogen-bond donors (Lipinski definition) is 2. The monoisotopic (exact) mass is 194 g/mol. The Balaban J connectivity index is 3.32. The molecule has 0 aromatic carbocycles. The normalized spacial score (nSPS) is 10.0. The van der Waals surface area contributed by atoms with Gasteiger partial charge in [0.1, 0.15) is 6.61 Å². The molecule has 2 N–H and O–H groups in total. The van der Waals surface area contributed by atoms with Crippen LogP contribution in [0, 0.1) is 0 Å². The van der Waals surface area contributed by atoms with Crippen LogP contribution in [0.1, 0.15) is 6.92 Å². The van der Waals surface area contributed by atoms with Gasteiger partial charge in [0, 0.05) is 5.57 Å². The van der Waals surface area contributed by atoms with Gasteiger partial charge in [-0.15, -0.1) is 0 Å². The second-order valence-electron chi connectivity index (χ2n) is 2.00. The molecule has 0 aromatic rings. The third-order valence-electron chi connectivity index (χ3n) is 0.872. The van der Waals surface area contributed by atoms with Crippen molar-refractivity contribution in [1.29, 1.82) is 0 Å². The second kappa shape index (κ2) is 6.08. The Morgan fingerprint density at radius 2 is 2.08 bits per heavy atom. The average Bonchev–Trinajstić information content (AvgIpc) is 1.97. The van der Waals surface area contributed by atoms with Crippen LogP contribution in [0.4, 0.5) is 0 Å². The molecule has 0 amide bonds. The minimum atomic E-state index is -2.36. The smallest absolute Gasteiger partial charge is 0.333 e. The highest BCUT2D eigenvalue weighted by atomic mass is 31.2. The predicted molar refractivity (Wildman–Crippen MR) is 43.1 cm³/mol. The average molecular weight is 194 g/mol. The summed E-state index contributed by atoms with van der Waals surface area (Å²) in [6, 6.07) is 0. The third-order valence-corrected chi connectivity index (χ3v) is 1.29. The van der Waals surface area contributed by atoms with E-state index in [0.717, 1.165) is 0 Å². The second-order valence-corrected chi connectivity index (χ2v) is 2.77. The van der Waals surface area contributed by atoms with E-state index in [9.17, 15) is 4.79 Å². The molecule has 0 fully saturated rings. The van der Waals surface area contributed by atoms with Gasteiger partial charge in [0.2, 0.25) is 0 Å². The molecule has 5 nitrogen and oxygen atoms in total. The number of esters is 1. The van der Waals surface area contributed by atoms with Crippen LogP contribution in [-0.2, 0) is 14.1 Å². The SMILES string of the molecule is C=C(C)C(=O)OCCOP(O)O. The fraction of sp³-hybridized carbons (Fsp3) is 0.500. The number of hydrogen-bond acceptors (Lipinski definition) is 5. The lowest BCUT2D eigenvalue weighted by Crippen LogP contribution is -2.09. The summed E-state index contributed by atoms with van der Waals surface area (Å²) in [5.74, 6) is -0.515. The van der Waals surface area contributed by atoms with Gasteiger partial charge in [-0.1, -0.05) is 6.58 Å². The first-order valence-corrected chi connectivity index (χ1v) is 4.34. The van der Waals surface area contributed by atoms with Crippen molar-refractivity contribution in [2.45, 2.75) is 6.92 Å². The molecule has 12 heavy (non-hydrogen) atoms. The molecule has 0 aliphatic rings. The summed E-state index contributed by atoms with van der Waals surface area (Å²) in [6.07, 6.45) is 0. The van der Waals surface area contributed by atoms with Crippen molar-refractivity contribution in [3.05, 3.63) is 12.2 Å². The van der Waals surface area contributed by atoms with E-state index in [1.54, 1.807) is 0 Å². The van der Waals surface area contributed by atoms with Crippen LogP contribution in [0.3, 0.4) is 0 Å². The minimum Gasteiger partial charge on any atom is -0.460 e. The van der Waals surface area contributed by atoms with E-state index in [1.165, 1.54) is 6.92 Å². The van der Waals surface area contributed by atoms with Crippen LogP contribution in [0.15, 0.2) is 12.2 Å². The molecule has 0 aliphatic heterocycles. The molecule has 6 heteroatoms. The molecule has 70 valence electrons. The highest BCUT2D eigenvalue weighted by Gasteiger charge is 2.03. The highest BCUT2D eigenvalue weighted by Crippen LogP contribution is 2.23. The molecule has 0 aliphatic carbocycles. The Bertz CT molecular complexity index is 167. The lowest BCUT2D eigenvalue weighted by Gasteiger charge is -2.04. The van der Waals surface area contributed by atoms with Gasteiger partial charge in [-0.3, -0.25) is 0 Å². The predicted octanol–water partition coefficient (Wildman–Crippen LogP) is 0.334. The van der Waals surface area contributed by atoms with Gasteiger partial charge >= 0.3 is 14.6 Å². The first-order chi connectivity index (χ1) is 5.54. The number of carbonyl (C=O) groups is 1. The zero-order valence-corrected chi connectivity index (χ0v) is 7.58. The van der Waals surface area contributed by atoms with Crippen LogP contribution in [-0.4, -0.2) is 29.0 Å². The molecule has 0 unspecified atom stereocenters. The zero-order chi connectivity index (χ0) is 9.56. The van der Waals surface area contributed by atoms with E-state index in [-0.39, 0.29) is 13.2 Å². The maximum absolute atomic E-state index is 10.7. The largest absolute Gasteiger partial charge is 0.460 e. The van der Waals surface area contributed by atoms with E-state index in [2.05, 4.69) is 15.8 Å². The molecule has 0 saturated heterocycles. The standard InChI is InChI=1S/C6H11O5P/c1-5(2)6(7)10-3-4-11-12(8)9/h8-9H,1,3-4H2,2H3. The molecule has 0 saturated carbocycles. The van der Waals surface area contributed by atoms with Crippen molar-refractivity contribution < 1.29 is 23.8 Å². The van der Waals surface area contributed by atoms with Crippen LogP contribution in [0.25, 0.3) is 0 Å². The first-order valence-electron chi connectivity index (χ1n) is 3.17. The fourth-order valence-corrected chi connectivity index (χ4v) is 0.614. The molecule has 0 bridgehead atoms. The quantitative estimate of drug-likeness (QED) is 0.285. The van der Waals surface area contributed by atoms with Crippen LogP contribution >= 0.6 is 8.60 Å². The minimum absolute atomic E-state index is 0.00829. The van der Waals surface area contributed by atoms with E-state index < -0.39 is 14.6 Å². The summed E-state index contributed by atoms with van der Waals surface area (Å²) in [4.78, 5) is 27.2. The van der Waals surface area contributed by atoms with Crippen molar-refractivity contribution >= 4 is 14.6 Å². The summed E-state index contributed by atoms with van der Waals surface area (Å²) in [7, 11) is -2.36. The lowest BCUT2D eigenvalue weighted by atomic mass is 10.4. The van der Waals surface area contributed by atoms with Crippen LogP contribution < -0.4 is 0 Å². The summed E-state index contributed by atoms with van der Waals surface area (Å²) in [5, 5.41) is 0. The van der Waals surface area contributed by atoms with E-state index >= 15 is 0 Å². The van der Waals surface area contributed by atoms with Gasteiger partial charge in [0.25, 0.3) is 0 Å². The Kier molecular flexibility index (Phi) is 5.84. The van der Waals surface area contributed by atoms with Gasteiger partial charge in [0.15, 0.2) is 0 Å². The van der Waals surface area contributed by atoms with Gasteiger partial charge in [-0.25, -0.2) is 4.79 Å². The van der Waals surface area contributed by atoms with E-state index in [4.69, 9.17) is 9.79 Å². The topological polar surface area (TPSA) is 76.0 Å². The van der Waals surface area contributed by atoms with Crippen LogP contribution in [0.5, 0.6) is 0 Å². The Morgan fingerprint density at radius 1 is 1.50 bits per heavy atom. The molecule has 0 aromatic heterocycles. The van der Waals surface area contributed by atoms with Crippen molar-refractivity contribution in [3.8, 4) is 0 Å². The Hall–Kier alpha value is -0.480. The van der Waals surface area contributed by atoms with E-state index in [0.29, 0.717) is 5.57 Å². The molecule has 0 rings (SSSR count). The summed E-state index contributed by atoms with van der Waals surface area (Å²) in [5.41, 5.74) is 0.297. The summed E-state index contributed by atoms with van der Waals surface area (Å²) >= 11 is 0. The molecule has 0 atom stereocenters. The van der Waals surface area contributed by atoms with Crippen molar-refractivity contribution in [2.24, 2.45) is 0 Å². The number of ether oxygens (including phenoxy) is 1. The maximum atomic E-state index is 10.7. The van der Waals surface area contributed by atoms with Crippen LogP contribution in [0.2, 0.25) is 0 Å². The highest BCUT2D eigenvalue weighted by molar-refractivity contribution is 7.39. The van der Waals surface area contributed by atoms with Crippen molar-refractivity contribution in [2.75, 3.05) is 13.2 Å². The van der Waals surface area contributed by atoms with Gasteiger partial charge < -0.3 is 19.0 Å². The van der Waals surface area contributed by atoms with Gasteiger partial charge in [0.05, 0.1) is 6.61 Å². The number of rotatable bonds is 5. The maximum Gasteiger partial charge on any atom is 0.333 e. The fourth-order valence-electron chi connectivity index (χ4n) is 0.376. The summed E-state index contributed by atoms with van der Waals surface area (Å²) < 4.78 is 8.92. The van der Waals surface area contributed by atoms with Crippen molar-refractivity contribution in [3.63, 3.8) is 0 Å². The molecule has 0 heterocycles. The van der Waals surface area contributed by atoms with Crippen molar-refractivity contribution in [1.82, 2.24) is 0 Å². The van der Waals surface area contributed by atoms with Gasteiger partial charge in [-0.05, 0) is 6.92 Å². The molecule has 0 spiro atoms. The molecular weight excluding hydrogens is 183 g/mol. The third kappa shape index (κ3) is 6.24. The molecule has 0 radical (unpaired) electrons. The van der Waals surface area contributed by atoms with E-state index in [1.807, 2.05) is 0 Å². The zero-order valence-electron chi connectivity index (χ0n) is 6.69. The number of carbonyl (C=O) groups excluding carboxylic acids is 1. The Labute approximate surface area is 71.6 Å². The lowest BCUT2D eigenvalue weighted by molar-refractivity contribution is -0.139.